The lowest BCUT2D eigenvalue weighted by atomic mass is 10.0. The summed E-state index contributed by atoms with van der Waals surface area (Å²) in [6.45, 7) is 4.90. The van der Waals surface area contributed by atoms with Crippen LogP contribution in [0.2, 0.25) is 0 Å². The van der Waals surface area contributed by atoms with E-state index in [-0.39, 0.29) is 6.04 Å². The second kappa shape index (κ2) is 9.65. The van der Waals surface area contributed by atoms with Crippen molar-refractivity contribution in [3.63, 3.8) is 0 Å². The molecule has 4 aromatic rings. The molecule has 0 bridgehead atoms. The van der Waals surface area contributed by atoms with Crippen molar-refractivity contribution in [2.75, 3.05) is 32.8 Å². The summed E-state index contributed by atoms with van der Waals surface area (Å²) in [6, 6.07) is 12.2. The van der Waals surface area contributed by atoms with Gasteiger partial charge in [0.25, 0.3) is 0 Å². The Morgan fingerprint density at radius 1 is 1.03 bits per heavy atom. The van der Waals surface area contributed by atoms with Crippen LogP contribution in [-0.4, -0.2) is 47.6 Å². The van der Waals surface area contributed by atoms with E-state index >= 15 is 0 Å². The Morgan fingerprint density at radius 2 is 1.91 bits per heavy atom. The van der Waals surface area contributed by atoms with Crippen LogP contribution < -0.4 is 14.8 Å². The van der Waals surface area contributed by atoms with Crippen molar-refractivity contribution >= 4 is 16.7 Å². The molecule has 8 heteroatoms. The minimum absolute atomic E-state index is 0.0133. The molecule has 32 heavy (non-hydrogen) atoms. The lowest BCUT2D eigenvalue weighted by molar-refractivity contribution is 0.144. The highest BCUT2D eigenvalue weighted by Gasteiger charge is 2.15. The zero-order valence-electron chi connectivity index (χ0n) is 18.7. The van der Waals surface area contributed by atoms with E-state index in [9.17, 15) is 0 Å². The summed E-state index contributed by atoms with van der Waals surface area (Å²) in [6.07, 6.45) is 3.70. The fraction of sp³-hybridized carbons (Fsp3) is 0.292. The lowest BCUT2D eigenvalue weighted by Gasteiger charge is -2.19. The molecule has 0 amide bonds. The number of rotatable bonds is 9. The number of aryl methyl sites for hydroxylation is 1. The molecule has 0 saturated carbocycles. The van der Waals surface area contributed by atoms with Gasteiger partial charge in [0.05, 0.1) is 25.4 Å². The van der Waals surface area contributed by atoms with E-state index in [0.717, 1.165) is 33.4 Å². The van der Waals surface area contributed by atoms with Gasteiger partial charge in [-0.25, -0.2) is 9.97 Å². The molecular formula is C24H27N5O3. The summed E-state index contributed by atoms with van der Waals surface area (Å²) in [4.78, 5) is 9.26. The van der Waals surface area contributed by atoms with Crippen molar-refractivity contribution in [2.24, 2.45) is 0 Å². The van der Waals surface area contributed by atoms with Crippen LogP contribution in [0.15, 0.2) is 48.8 Å². The molecule has 0 spiro atoms. The number of benzene rings is 2. The monoisotopic (exact) mass is 433 g/mol. The largest absolute Gasteiger partial charge is 0.493 e. The first-order chi connectivity index (χ1) is 15.6. The van der Waals surface area contributed by atoms with Crippen molar-refractivity contribution in [1.82, 2.24) is 20.2 Å². The molecule has 2 heterocycles. The minimum atomic E-state index is 0.0133. The van der Waals surface area contributed by atoms with Crippen LogP contribution in [0.25, 0.3) is 22.0 Å². The van der Waals surface area contributed by atoms with E-state index in [2.05, 4.69) is 50.6 Å². The maximum absolute atomic E-state index is 5.87. The number of H-pyrrole nitrogens is 1. The van der Waals surface area contributed by atoms with Crippen LogP contribution in [0.4, 0.5) is 5.82 Å². The van der Waals surface area contributed by atoms with E-state index in [0.29, 0.717) is 30.5 Å². The summed E-state index contributed by atoms with van der Waals surface area (Å²) in [5.74, 6) is 2.67. The van der Waals surface area contributed by atoms with Gasteiger partial charge in [0, 0.05) is 36.4 Å². The quantitative estimate of drug-likeness (QED) is 0.374. The van der Waals surface area contributed by atoms with E-state index in [4.69, 9.17) is 14.2 Å². The van der Waals surface area contributed by atoms with Gasteiger partial charge in [-0.05, 0) is 37.1 Å². The number of hydrogen-bond acceptors (Lipinski definition) is 7. The summed E-state index contributed by atoms with van der Waals surface area (Å²) >= 11 is 0. The maximum Gasteiger partial charge on any atom is 0.162 e. The van der Waals surface area contributed by atoms with E-state index in [1.807, 2.05) is 37.5 Å². The number of hydrogen-bond donors (Lipinski definition) is 2. The highest BCUT2D eigenvalue weighted by Crippen LogP contribution is 2.35. The predicted octanol–water partition coefficient (Wildman–Crippen LogP) is 4.54. The normalized spacial score (nSPS) is 12.0. The van der Waals surface area contributed by atoms with E-state index < -0.39 is 0 Å². The van der Waals surface area contributed by atoms with Crippen LogP contribution >= 0.6 is 0 Å². The summed E-state index contributed by atoms with van der Waals surface area (Å²) in [5, 5.41) is 11.3. The molecule has 0 fully saturated rings. The SMILES string of the molecule is COCCOc1cc2c(N[C@H](C)c3cccc(-c4cn[nH]c4)c3)nc(C)nc2cc1OC. The van der Waals surface area contributed by atoms with Crippen LogP contribution in [-0.2, 0) is 4.74 Å². The lowest BCUT2D eigenvalue weighted by Crippen LogP contribution is -2.10. The molecule has 0 aliphatic heterocycles. The molecule has 0 radical (unpaired) electrons. The Hall–Kier alpha value is -3.65. The van der Waals surface area contributed by atoms with Crippen molar-refractivity contribution in [3.05, 3.63) is 60.2 Å². The molecule has 2 aromatic heterocycles. The number of ether oxygens (including phenoxy) is 3. The molecule has 2 N–H and O–H groups in total. The van der Waals surface area contributed by atoms with Gasteiger partial charge in [-0.3, -0.25) is 5.10 Å². The third-order valence-corrected chi connectivity index (χ3v) is 5.21. The molecule has 2 aromatic carbocycles. The fourth-order valence-corrected chi connectivity index (χ4v) is 3.55. The van der Waals surface area contributed by atoms with E-state index in [1.165, 1.54) is 0 Å². The topological polar surface area (TPSA) is 94.2 Å². The van der Waals surface area contributed by atoms with Crippen LogP contribution in [0.1, 0.15) is 24.4 Å². The van der Waals surface area contributed by atoms with Gasteiger partial charge in [-0.15, -0.1) is 0 Å². The molecule has 0 saturated heterocycles. The highest BCUT2D eigenvalue weighted by molar-refractivity contribution is 5.92. The van der Waals surface area contributed by atoms with E-state index in [1.54, 1.807) is 14.2 Å². The third kappa shape index (κ3) is 4.65. The number of anilines is 1. The number of methoxy groups -OCH3 is 2. The zero-order chi connectivity index (χ0) is 22.5. The van der Waals surface area contributed by atoms with Gasteiger partial charge in [-0.1, -0.05) is 18.2 Å². The first-order valence-corrected chi connectivity index (χ1v) is 10.4. The number of aromatic amines is 1. The standard InChI is InChI=1S/C24H27N5O3/c1-15(17-6-5-7-18(10-17)19-13-25-26-14-19)27-24-20-11-23(32-9-8-30-3)22(31-4)12-21(20)28-16(2)29-24/h5-7,10-15H,8-9H2,1-4H3,(H,25,26)(H,27,28,29)/t15-/m1/s1. The molecule has 1 atom stereocenters. The molecule has 0 aliphatic rings. The molecule has 4 rings (SSSR count). The molecule has 0 unspecified atom stereocenters. The Kier molecular flexibility index (Phi) is 6.51. The highest BCUT2D eigenvalue weighted by atomic mass is 16.5. The number of nitrogens with zero attached hydrogens (tertiary/aromatic N) is 3. The Bertz CT molecular complexity index is 1190. The number of aromatic nitrogens is 4. The van der Waals surface area contributed by atoms with Crippen molar-refractivity contribution in [1.29, 1.82) is 0 Å². The Balaban J connectivity index is 1.67. The molecular weight excluding hydrogens is 406 g/mol. The number of fused-ring (bicyclic) bond motifs is 1. The Morgan fingerprint density at radius 3 is 2.66 bits per heavy atom. The van der Waals surface area contributed by atoms with Crippen molar-refractivity contribution < 1.29 is 14.2 Å². The van der Waals surface area contributed by atoms with Gasteiger partial charge >= 0.3 is 0 Å². The molecule has 8 nitrogen and oxygen atoms in total. The van der Waals surface area contributed by atoms with Crippen LogP contribution in [0, 0.1) is 6.92 Å². The fourth-order valence-electron chi connectivity index (χ4n) is 3.55. The Labute approximate surface area is 187 Å². The minimum Gasteiger partial charge on any atom is -0.493 e. The second-order valence-corrected chi connectivity index (χ2v) is 7.46. The zero-order valence-corrected chi connectivity index (χ0v) is 18.7. The summed E-state index contributed by atoms with van der Waals surface area (Å²) in [7, 11) is 3.26. The predicted molar refractivity (Wildman–Crippen MR) is 124 cm³/mol. The average Bonchev–Trinajstić information content (AvgIpc) is 3.34. The van der Waals surface area contributed by atoms with Gasteiger partial charge in [0.15, 0.2) is 11.5 Å². The smallest absolute Gasteiger partial charge is 0.162 e. The summed E-state index contributed by atoms with van der Waals surface area (Å²) < 4.78 is 16.5. The van der Waals surface area contributed by atoms with Gasteiger partial charge in [-0.2, -0.15) is 5.10 Å². The van der Waals surface area contributed by atoms with Crippen LogP contribution in [0.5, 0.6) is 11.5 Å². The van der Waals surface area contributed by atoms with Gasteiger partial charge in [0.2, 0.25) is 0 Å². The number of nitrogens with one attached hydrogen (secondary N) is 2. The first-order valence-electron chi connectivity index (χ1n) is 10.4. The van der Waals surface area contributed by atoms with Crippen molar-refractivity contribution in [3.8, 4) is 22.6 Å². The van der Waals surface area contributed by atoms with Crippen LogP contribution in [0.3, 0.4) is 0 Å². The summed E-state index contributed by atoms with van der Waals surface area (Å²) in [5.41, 5.74) is 4.08. The molecule has 166 valence electrons. The van der Waals surface area contributed by atoms with Gasteiger partial charge in [0.1, 0.15) is 18.2 Å². The first kappa shape index (κ1) is 21.6. The van der Waals surface area contributed by atoms with Gasteiger partial charge < -0.3 is 19.5 Å². The molecule has 0 aliphatic carbocycles. The second-order valence-electron chi connectivity index (χ2n) is 7.46. The maximum atomic E-state index is 5.87. The third-order valence-electron chi connectivity index (χ3n) is 5.21. The average molecular weight is 434 g/mol. The van der Waals surface area contributed by atoms with Crippen molar-refractivity contribution in [2.45, 2.75) is 19.9 Å².